The summed E-state index contributed by atoms with van der Waals surface area (Å²) in [5.41, 5.74) is 0.715. The molecule has 1 unspecified atom stereocenters. The van der Waals surface area contributed by atoms with Gasteiger partial charge in [-0.15, -0.1) is 0 Å². The third-order valence-corrected chi connectivity index (χ3v) is 5.54. The Labute approximate surface area is 125 Å². The monoisotopic (exact) mass is 316 g/mol. The van der Waals surface area contributed by atoms with Gasteiger partial charge in [-0.2, -0.15) is 4.31 Å². The lowest BCUT2D eigenvalue weighted by atomic mass is 10.1. The van der Waals surface area contributed by atoms with Crippen molar-refractivity contribution >= 4 is 10.0 Å². The van der Waals surface area contributed by atoms with Crippen LogP contribution >= 0.6 is 0 Å². The number of hydrogen-bond donors (Lipinski definition) is 1. The zero-order valence-electron chi connectivity index (χ0n) is 12.3. The Balaban J connectivity index is 2.20. The molecule has 21 heavy (non-hydrogen) atoms. The van der Waals surface area contributed by atoms with Crippen LogP contribution in [-0.2, 0) is 21.3 Å². The summed E-state index contributed by atoms with van der Waals surface area (Å²) in [6.45, 7) is 1.81. The summed E-state index contributed by atoms with van der Waals surface area (Å²) < 4.78 is 45.5. The lowest BCUT2D eigenvalue weighted by Gasteiger charge is -2.17. The number of ether oxygens (including phenoxy) is 1. The molecular formula is C14H21FN2O3S. The van der Waals surface area contributed by atoms with Crippen LogP contribution in [0, 0.1) is 11.7 Å². The van der Waals surface area contributed by atoms with Gasteiger partial charge in [0.15, 0.2) is 0 Å². The van der Waals surface area contributed by atoms with Crippen LogP contribution < -0.4 is 5.32 Å². The molecule has 0 aliphatic carbocycles. The highest BCUT2D eigenvalue weighted by Gasteiger charge is 2.34. The van der Waals surface area contributed by atoms with Crippen LogP contribution in [0.3, 0.4) is 0 Å². The Hall–Kier alpha value is -1.02. The first kappa shape index (κ1) is 16.4. The van der Waals surface area contributed by atoms with Crippen molar-refractivity contribution < 1.29 is 17.5 Å². The van der Waals surface area contributed by atoms with Crippen molar-refractivity contribution in [2.24, 2.45) is 5.92 Å². The molecule has 118 valence electrons. The van der Waals surface area contributed by atoms with Crippen LogP contribution in [0.25, 0.3) is 0 Å². The first-order valence-corrected chi connectivity index (χ1v) is 8.35. The van der Waals surface area contributed by atoms with Gasteiger partial charge in [0.25, 0.3) is 0 Å². The maximum Gasteiger partial charge on any atom is 0.245 e. The van der Waals surface area contributed by atoms with E-state index in [0.717, 1.165) is 6.42 Å². The van der Waals surface area contributed by atoms with E-state index in [-0.39, 0.29) is 10.8 Å². The molecule has 0 aromatic heterocycles. The molecule has 1 atom stereocenters. The highest BCUT2D eigenvalue weighted by molar-refractivity contribution is 7.89. The molecule has 1 aromatic carbocycles. The maximum absolute atomic E-state index is 14.1. The fourth-order valence-electron chi connectivity index (χ4n) is 2.59. The van der Waals surface area contributed by atoms with Gasteiger partial charge in [-0.1, -0.05) is 6.07 Å². The molecule has 0 radical (unpaired) electrons. The summed E-state index contributed by atoms with van der Waals surface area (Å²) in [5, 5.41) is 2.90. The van der Waals surface area contributed by atoms with E-state index in [9.17, 15) is 12.8 Å². The zero-order valence-corrected chi connectivity index (χ0v) is 13.1. The Morgan fingerprint density at radius 3 is 2.86 bits per heavy atom. The lowest BCUT2D eigenvalue weighted by Crippen LogP contribution is -2.30. The van der Waals surface area contributed by atoms with Crippen molar-refractivity contribution in [2.75, 3.05) is 33.9 Å². The predicted molar refractivity (Wildman–Crippen MR) is 77.9 cm³/mol. The molecule has 7 heteroatoms. The number of rotatable bonds is 6. The SMILES string of the molecule is CNCc1ccc(S(=O)(=O)N2CCC(COC)C2)c(F)c1. The Morgan fingerprint density at radius 1 is 1.48 bits per heavy atom. The molecule has 0 amide bonds. The van der Waals surface area contributed by atoms with Crippen LogP contribution in [0.15, 0.2) is 23.1 Å². The van der Waals surface area contributed by atoms with Crippen molar-refractivity contribution in [1.29, 1.82) is 0 Å². The van der Waals surface area contributed by atoms with Gasteiger partial charge >= 0.3 is 0 Å². The maximum atomic E-state index is 14.1. The summed E-state index contributed by atoms with van der Waals surface area (Å²) in [4.78, 5) is -0.250. The first-order valence-electron chi connectivity index (χ1n) is 6.91. The van der Waals surface area contributed by atoms with E-state index in [1.807, 2.05) is 0 Å². The van der Waals surface area contributed by atoms with Gasteiger partial charge in [0.2, 0.25) is 10.0 Å². The Kier molecular flexibility index (Phi) is 5.32. The summed E-state index contributed by atoms with van der Waals surface area (Å²) in [6, 6.07) is 4.25. The van der Waals surface area contributed by atoms with Crippen molar-refractivity contribution in [3.8, 4) is 0 Å². The molecule has 0 bridgehead atoms. The van der Waals surface area contributed by atoms with Gasteiger partial charge in [-0.25, -0.2) is 12.8 Å². The van der Waals surface area contributed by atoms with Crippen LogP contribution in [0.5, 0.6) is 0 Å². The standard InChI is InChI=1S/C14H21FN2O3S/c1-16-8-11-3-4-14(13(15)7-11)21(18,19)17-6-5-12(9-17)10-20-2/h3-4,7,12,16H,5-6,8-10H2,1-2H3. The molecule has 1 fully saturated rings. The van der Waals surface area contributed by atoms with E-state index in [1.165, 1.54) is 16.4 Å². The molecule has 5 nitrogen and oxygen atoms in total. The minimum atomic E-state index is -3.77. The fraction of sp³-hybridized carbons (Fsp3) is 0.571. The van der Waals surface area contributed by atoms with Crippen molar-refractivity contribution in [3.05, 3.63) is 29.6 Å². The van der Waals surface area contributed by atoms with Gasteiger partial charge in [0.05, 0.1) is 6.61 Å². The third-order valence-electron chi connectivity index (χ3n) is 3.65. The summed E-state index contributed by atoms with van der Waals surface area (Å²) in [6.07, 6.45) is 0.743. The Morgan fingerprint density at radius 2 is 2.24 bits per heavy atom. The molecular weight excluding hydrogens is 295 g/mol. The fourth-order valence-corrected chi connectivity index (χ4v) is 4.17. The normalized spacial score (nSPS) is 20.0. The Bertz CT molecular complexity index is 592. The number of benzene rings is 1. The van der Waals surface area contributed by atoms with Gasteiger partial charge in [0.1, 0.15) is 10.7 Å². The van der Waals surface area contributed by atoms with Gasteiger partial charge in [-0.3, -0.25) is 0 Å². The largest absolute Gasteiger partial charge is 0.384 e. The second-order valence-corrected chi connectivity index (χ2v) is 7.17. The van der Waals surface area contributed by atoms with Gasteiger partial charge in [-0.05, 0) is 37.1 Å². The lowest BCUT2D eigenvalue weighted by molar-refractivity contribution is 0.157. The molecule has 1 N–H and O–H groups in total. The topological polar surface area (TPSA) is 58.6 Å². The second-order valence-electron chi connectivity index (χ2n) is 5.27. The number of halogens is 1. The minimum Gasteiger partial charge on any atom is -0.384 e. The van der Waals surface area contributed by atoms with E-state index >= 15 is 0 Å². The third kappa shape index (κ3) is 3.60. The summed E-state index contributed by atoms with van der Waals surface area (Å²) in [5.74, 6) is -0.519. The van der Waals surface area contributed by atoms with Crippen LogP contribution in [0.1, 0.15) is 12.0 Å². The molecule has 1 aliphatic rings. The number of nitrogens with zero attached hydrogens (tertiary/aromatic N) is 1. The van der Waals surface area contributed by atoms with E-state index in [4.69, 9.17) is 4.74 Å². The number of hydrogen-bond acceptors (Lipinski definition) is 4. The van der Waals surface area contributed by atoms with Crippen molar-refractivity contribution in [2.45, 2.75) is 17.9 Å². The average Bonchev–Trinajstić information content (AvgIpc) is 2.89. The molecule has 1 aliphatic heterocycles. The predicted octanol–water partition coefficient (Wildman–Crippen LogP) is 1.20. The molecule has 0 spiro atoms. The van der Waals surface area contributed by atoms with E-state index in [0.29, 0.717) is 31.8 Å². The van der Waals surface area contributed by atoms with E-state index in [2.05, 4.69) is 5.32 Å². The van der Waals surface area contributed by atoms with Crippen molar-refractivity contribution in [3.63, 3.8) is 0 Å². The van der Waals surface area contributed by atoms with Crippen molar-refractivity contribution in [1.82, 2.24) is 9.62 Å². The zero-order chi connectivity index (χ0) is 15.5. The summed E-state index contributed by atoms with van der Waals surface area (Å²) >= 11 is 0. The highest BCUT2D eigenvalue weighted by Crippen LogP contribution is 2.26. The van der Waals surface area contributed by atoms with Gasteiger partial charge in [0, 0.05) is 26.7 Å². The number of methoxy groups -OCH3 is 1. The molecule has 1 saturated heterocycles. The number of sulfonamides is 1. The average molecular weight is 316 g/mol. The molecule has 2 rings (SSSR count). The van der Waals surface area contributed by atoms with E-state index < -0.39 is 15.8 Å². The molecule has 1 aromatic rings. The van der Waals surface area contributed by atoms with Gasteiger partial charge < -0.3 is 10.1 Å². The number of nitrogens with one attached hydrogen (secondary N) is 1. The second kappa shape index (κ2) is 6.83. The molecule has 1 heterocycles. The van der Waals surface area contributed by atoms with Crippen LogP contribution in [-0.4, -0.2) is 46.6 Å². The summed E-state index contributed by atoms with van der Waals surface area (Å²) in [7, 11) is -0.423. The van der Waals surface area contributed by atoms with Crippen LogP contribution in [0.4, 0.5) is 4.39 Å². The highest BCUT2D eigenvalue weighted by atomic mass is 32.2. The quantitative estimate of drug-likeness (QED) is 0.857. The first-order chi connectivity index (χ1) is 9.98. The smallest absolute Gasteiger partial charge is 0.245 e. The molecule has 0 saturated carbocycles. The van der Waals surface area contributed by atoms with Crippen LogP contribution in [0.2, 0.25) is 0 Å². The van der Waals surface area contributed by atoms with E-state index in [1.54, 1.807) is 20.2 Å². The minimum absolute atomic E-state index is 0.177.